The van der Waals surface area contributed by atoms with Gasteiger partial charge in [0.2, 0.25) is 0 Å². The minimum atomic E-state index is -1.21. The molecule has 0 bridgehead atoms. The van der Waals surface area contributed by atoms with Crippen LogP contribution in [0.15, 0.2) is 46.9 Å². The summed E-state index contributed by atoms with van der Waals surface area (Å²) in [6.45, 7) is 1.21. The van der Waals surface area contributed by atoms with Gasteiger partial charge in [-0.2, -0.15) is 0 Å². The summed E-state index contributed by atoms with van der Waals surface area (Å²) >= 11 is 0.757. The number of benzene rings is 1. The Morgan fingerprint density at radius 3 is 2.57 bits per heavy atom. The van der Waals surface area contributed by atoms with Gasteiger partial charge in [-0.15, -0.1) is 0 Å². The first-order valence-electron chi connectivity index (χ1n) is 6.18. The van der Waals surface area contributed by atoms with Gasteiger partial charge in [0.1, 0.15) is 6.54 Å². The predicted octanol–water partition coefficient (Wildman–Crippen LogP) is 2.75. The zero-order valence-corrected chi connectivity index (χ0v) is 12.1. The van der Waals surface area contributed by atoms with E-state index in [9.17, 15) is 14.4 Å². The normalized spacial score (nSPS) is 17.7. The summed E-state index contributed by atoms with van der Waals surface area (Å²) < 4.78 is 0. The third kappa shape index (κ3) is 3.82. The van der Waals surface area contributed by atoms with E-state index in [0.29, 0.717) is 0 Å². The maximum Gasteiger partial charge on any atom is 0.323 e. The molecule has 1 aliphatic heterocycles. The Morgan fingerprint density at radius 2 is 1.95 bits per heavy atom. The fourth-order valence-electron chi connectivity index (χ4n) is 1.83. The molecular formula is C15H13NO4S. The smallest absolute Gasteiger partial charge is 0.323 e. The number of nitrogens with zero attached hydrogens (tertiary/aromatic N) is 1. The predicted molar refractivity (Wildman–Crippen MR) is 80.5 cm³/mol. The molecule has 0 aliphatic carbocycles. The third-order valence-corrected chi connectivity index (χ3v) is 3.63. The molecule has 0 atom stereocenters. The Balaban J connectivity index is 2.18. The number of hydrogen-bond acceptors (Lipinski definition) is 4. The topological polar surface area (TPSA) is 74.7 Å². The molecular weight excluding hydrogens is 290 g/mol. The van der Waals surface area contributed by atoms with Crippen LogP contribution < -0.4 is 0 Å². The molecule has 21 heavy (non-hydrogen) atoms. The highest BCUT2D eigenvalue weighted by molar-refractivity contribution is 8.18. The number of thioether (sulfide) groups is 1. The molecule has 2 rings (SSSR count). The molecule has 108 valence electrons. The van der Waals surface area contributed by atoms with Crippen molar-refractivity contribution in [2.24, 2.45) is 0 Å². The van der Waals surface area contributed by atoms with Crippen LogP contribution in [0.25, 0.3) is 6.08 Å². The van der Waals surface area contributed by atoms with Crippen molar-refractivity contribution in [3.05, 3.63) is 52.4 Å². The Morgan fingerprint density at radius 1 is 1.29 bits per heavy atom. The SMILES string of the molecule is CC(=Cc1ccccc1)C=C1SC(=O)N(CC(=O)O)C1=O. The van der Waals surface area contributed by atoms with Crippen molar-refractivity contribution in [3.8, 4) is 0 Å². The van der Waals surface area contributed by atoms with Gasteiger partial charge < -0.3 is 5.11 Å². The zero-order valence-electron chi connectivity index (χ0n) is 11.3. The average Bonchev–Trinajstić information content (AvgIpc) is 2.67. The number of carbonyl (C=O) groups is 3. The lowest BCUT2D eigenvalue weighted by atomic mass is 10.1. The monoisotopic (exact) mass is 303 g/mol. The number of carboxylic acids is 1. The van der Waals surface area contributed by atoms with Crippen molar-refractivity contribution in [2.45, 2.75) is 6.92 Å². The number of hydrogen-bond donors (Lipinski definition) is 1. The summed E-state index contributed by atoms with van der Waals surface area (Å²) in [5, 5.41) is 8.13. The number of allylic oxidation sites excluding steroid dienone is 2. The summed E-state index contributed by atoms with van der Waals surface area (Å²) in [5.41, 5.74) is 1.79. The van der Waals surface area contributed by atoms with Gasteiger partial charge in [0.25, 0.3) is 11.1 Å². The van der Waals surface area contributed by atoms with E-state index in [0.717, 1.165) is 27.8 Å². The van der Waals surface area contributed by atoms with Crippen LogP contribution in [-0.2, 0) is 9.59 Å². The number of carboxylic acid groups (broad SMARTS) is 1. The van der Waals surface area contributed by atoms with Crippen molar-refractivity contribution >= 4 is 35.0 Å². The first kappa shape index (κ1) is 15.1. The van der Waals surface area contributed by atoms with E-state index in [1.54, 1.807) is 6.08 Å². The van der Waals surface area contributed by atoms with Crippen molar-refractivity contribution in [1.82, 2.24) is 4.90 Å². The van der Waals surface area contributed by atoms with Crippen molar-refractivity contribution in [2.75, 3.05) is 6.54 Å². The van der Waals surface area contributed by atoms with E-state index >= 15 is 0 Å². The molecule has 0 spiro atoms. The van der Waals surface area contributed by atoms with Crippen LogP contribution in [0.3, 0.4) is 0 Å². The van der Waals surface area contributed by atoms with Crippen LogP contribution in [0, 0.1) is 0 Å². The first-order chi connectivity index (χ1) is 9.97. The Bertz CT molecular complexity index is 649. The van der Waals surface area contributed by atoms with E-state index < -0.39 is 23.7 Å². The summed E-state index contributed by atoms with van der Waals surface area (Å²) in [6, 6.07) is 9.56. The fraction of sp³-hybridized carbons (Fsp3) is 0.133. The minimum Gasteiger partial charge on any atom is -0.480 e. The van der Waals surface area contributed by atoms with Crippen molar-refractivity contribution in [1.29, 1.82) is 0 Å². The second-order valence-electron chi connectivity index (χ2n) is 4.46. The van der Waals surface area contributed by atoms with Gasteiger partial charge in [-0.3, -0.25) is 19.3 Å². The van der Waals surface area contributed by atoms with E-state index in [1.165, 1.54) is 0 Å². The van der Waals surface area contributed by atoms with Gasteiger partial charge in [-0.05, 0) is 35.9 Å². The highest BCUT2D eigenvalue weighted by atomic mass is 32.2. The maximum atomic E-state index is 12.0. The number of amides is 2. The molecule has 1 aromatic carbocycles. The molecule has 5 nitrogen and oxygen atoms in total. The molecule has 6 heteroatoms. The van der Waals surface area contributed by atoms with Crippen molar-refractivity contribution in [3.63, 3.8) is 0 Å². The van der Waals surface area contributed by atoms with E-state index in [2.05, 4.69) is 0 Å². The highest BCUT2D eigenvalue weighted by Gasteiger charge is 2.36. The van der Waals surface area contributed by atoms with Gasteiger partial charge in [-0.1, -0.05) is 36.4 Å². The standard InChI is InChI=1S/C15H13NO4S/c1-10(7-11-5-3-2-4-6-11)8-12-14(19)16(9-13(17)18)15(20)21-12/h2-8H,9H2,1H3,(H,17,18). The molecule has 0 radical (unpaired) electrons. The van der Waals surface area contributed by atoms with Crippen LogP contribution in [-0.4, -0.2) is 33.7 Å². The van der Waals surface area contributed by atoms with Gasteiger partial charge in [0.15, 0.2) is 0 Å². The lowest BCUT2D eigenvalue weighted by Crippen LogP contribution is -2.33. The highest BCUT2D eigenvalue weighted by Crippen LogP contribution is 2.31. The van der Waals surface area contributed by atoms with Gasteiger partial charge in [-0.25, -0.2) is 0 Å². The van der Waals surface area contributed by atoms with Gasteiger partial charge in [0, 0.05) is 0 Å². The molecule has 0 unspecified atom stereocenters. The molecule has 1 aliphatic rings. The number of imide groups is 1. The zero-order chi connectivity index (χ0) is 15.4. The fourth-order valence-corrected chi connectivity index (χ4v) is 2.72. The largest absolute Gasteiger partial charge is 0.480 e. The third-order valence-electron chi connectivity index (χ3n) is 2.72. The Hall–Kier alpha value is -2.34. The van der Waals surface area contributed by atoms with E-state index in [4.69, 9.17) is 5.11 Å². The number of aliphatic carboxylic acids is 1. The average molecular weight is 303 g/mol. The molecule has 2 amide bonds. The lowest BCUT2D eigenvalue weighted by Gasteiger charge is -2.07. The van der Waals surface area contributed by atoms with Gasteiger partial charge >= 0.3 is 5.97 Å². The van der Waals surface area contributed by atoms with Crippen molar-refractivity contribution < 1.29 is 19.5 Å². The molecule has 1 N–H and O–H groups in total. The first-order valence-corrected chi connectivity index (χ1v) is 6.99. The van der Waals surface area contributed by atoms with Crippen LogP contribution in [0.1, 0.15) is 12.5 Å². The summed E-state index contributed by atoms with van der Waals surface area (Å²) in [5.74, 6) is -1.77. The van der Waals surface area contributed by atoms with E-state index in [-0.39, 0.29) is 4.91 Å². The lowest BCUT2D eigenvalue weighted by molar-refractivity contribution is -0.140. The van der Waals surface area contributed by atoms with Crippen LogP contribution >= 0.6 is 11.8 Å². The second-order valence-corrected chi connectivity index (χ2v) is 5.45. The second kappa shape index (κ2) is 6.41. The molecule has 1 aromatic rings. The van der Waals surface area contributed by atoms with Gasteiger partial charge in [0.05, 0.1) is 4.91 Å². The Labute approximate surface area is 125 Å². The quantitative estimate of drug-likeness (QED) is 0.866. The summed E-state index contributed by atoms with van der Waals surface area (Å²) in [6.07, 6.45) is 3.48. The molecule has 1 heterocycles. The Kier molecular flexibility index (Phi) is 4.59. The number of carbonyl (C=O) groups excluding carboxylic acids is 2. The molecule has 1 fully saturated rings. The van der Waals surface area contributed by atoms with E-state index in [1.807, 2.05) is 43.3 Å². The molecule has 0 saturated carbocycles. The van der Waals surface area contributed by atoms with Crippen LogP contribution in [0.4, 0.5) is 4.79 Å². The molecule has 0 aromatic heterocycles. The van der Waals surface area contributed by atoms with Crippen LogP contribution in [0.2, 0.25) is 0 Å². The minimum absolute atomic E-state index is 0.242. The summed E-state index contributed by atoms with van der Waals surface area (Å²) in [4.78, 5) is 35.2. The van der Waals surface area contributed by atoms with Crippen LogP contribution in [0.5, 0.6) is 0 Å². The number of rotatable bonds is 4. The summed E-state index contributed by atoms with van der Waals surface area (Å²) in [7, 11) is 0. The maximum absolute atomic E-state index is 12.0. The molecule has 1 saturated heterocycles.